The highest BCUT2D eigenvalue weighted by Crippen LogP contribution is 2.53. The number of phenolic OH excluding ortho intramolecular Hbond substituents is 1. The highest BCUT2D eigenvalue weighted by molar-refractivity contribution is 6.33. The number of allylic oxidation sites excluding steroid dienone is 1. The Morgan fingerprint density at radius 2 is 1.95 bits per heavy atom. The van der Waals surface area contributed by atoms with Crippen molar-refractivity contribution in [3.8, 4) is 5.75 Å². The van der Waals surface area contributed by atoms with E-state index in [4.69, 9.17) is 17.3 Å². The van der Waals surface area contributed by atoms with Crippen LogP contribution in [0.15, 0.2) is 28.7 Å². The molecule has 10 nitrogen and oxygen atoms in total. The van der Waals surface area contributed by atoms with E-state index >= 15 is 0 Å². The van der Waals surface area contributed by atoms with E-state index in [2.05, 4.69) is 11.8 Å². The molecule has 39 heavy (non-hydrogen) atoms. The lowest BCUT2D eigenvalue weighted by Crippen LogP contribution is -2.63. The molecule has 0 aromatic heterocycles. The molecule has 210 valence electrons. The highest BCUT2D eigenvalue weighted by Gasteiger charge is 2.63. The van der Waals surface area contributed by atoms with Gasteiger partial charge in [-0.15, -0.1) is 0 Å². The van der Waals surface area contributed by atoms with E-state index in [9.17, 15) is 34.8 Å². The molecule has 5 rings (SSSR count). The number of hydrogen-bond donors (Lipinski definition) is 5. The lowest BCUT2D eigenvalue weighted by Gasteiger charge is -2.50. The minimum Gasteiger partial charge on any atom is -0.510 e. The fourth-order valence-electron chi connectivity index (χ4n) is 7.25. The van der Waals surface area contributed by atoms with Crippen LogP contribution in [0.5, 0.6) is 5.75 Å². The summed E-state index contributed by atoms with van der Waals surface area (Å²) >= 11 is 6.87. The molecule has 1 aromatic rings. The third kappa shape index (κ3) is 3.91. The van der Waals surface area contributed by atoms with Crippen LogP contribution in [0.1, 0.15) is 54.1 Å². The Bertz CT molecular complexity index is 1350. The number of amides is 1. The van der Waals surface area contributed by atoms with Crippen molar-refractivity contribution < 1.29 is 34.8 Å². The highest BCUT2D eigenvalue weighted by atomic mass is 35.5. The number of carbonyl (C=O) groups excluding carboxylic acids is 3. The van der Waals surface area contributed by atoms with Crippen LogP contribution in [-0.4, -0.2) is 86.0 Å². The Kier molecular flexibility index (Phi) is 6.82. The summed E-state index contributed by atoms with van der Waals surface area (Å²) in [5.74, 6) is -6.75. The van der Waals surface area contributed by atoms with Crippen LogP contribution in [-0.2, 0) is 22.6 Å². The number of ketones is 2. The summed E-state index contributed by atoms with van der Waals surface area (Å²) in [5, 5.41) is 45.3. The third-order valence-corrected chi connectivity index (χ3v) is 9.55. The van der Waals surface area contributed by atoms with E-state index in [-0.39, 0.29) is 29.7 Å². The molecule has 0 bridgehead atoms. The number of phenols is 1. The van der Waals surface area contributed by atoms with Gasteiger partial charge in [-0.25, -0.2) is 0 Å². The Hall–Kier alpha value is -2.92. The molecule has 6 N–H and O–H groups in total. The first kappa shape index (κ1) is 27.6. The Labute approximate surface area is 231 Å². The lowest BCUT2D eigenvalue weighted by molar-refractivity contribution is -0.148. The summed E-state index contributed by atoms with van der Waals surface area (Å²) in [6.45, 7) is 3.58. The van der Waals surface area contributed by atoms with Gasteiger partial charge in [0.1, 0.15) is 22.8 Å². The summed E-state index contributed by atoms with van der Waals surface area (Å²) in [5.41, 5.74) is 2.77. The number of primary amides is 1. The van der Waals surface area contributed by atoms with E-state index in [1.807, 2.05) is 0 Å². The monoisotopic (exact) mass is 559 g/mol. The van der Waals surface area contributed by atoms with Crippen molar-refractivity contribution in [2.45, 2.75) is 63.3 Å². The zero-order valence-corrected chi connectivity index (χ0v) is 23.0. The third-order valence-electron chi connectivity index (χ3n) is 9.07. The maximum Gasteiger partial charge on any atom is 0.255 e. The van der Waals surface area contributed by atoms with Gasteiger partial charge in [0.15, 0.2) is 11.4 Å². The molecule has 11 heteroatoms. The normalized spacial score (nSPS) is 31.0. The number of aliphatic hydroxyl groups is 3. The number of likely N-dealkylation sites (tertiary alicyclic amines) is 1. The molecule has 1 fully saturated rings. The van der Waals surface area contributed by atoms with E-state index in [1.54, 1.807) is 14.1 Å². The van der Waals surface area contributed by atoms with Gasteiger partial charge in [0.05, 0.1) is 11.6 Å². The molecule has 1 heterocycles. The number of benzene rings is 1. The minimum absolute atomic E-state index is 0.0249. The number of nitrogens with zero attached hydrogens (tertiary/aromatic N) is 2. The zero-order valence-electron chi connectivity index (χ0n) is 22.2. The number of aromatic hydroxyl groups is 1. The number of fused-ring (bicyclic) bond motifs is 3. The molecular formula is C28H34ClN3O7. The Morgan fingerprint density at radius 1 is 1.26 bits per heavy atom. The van der Waals surface area contributed by atoms with Gasteiger partial charge in [-0.3, -0.25) is 24.2 Å². The second-order valence-corrected chi connectivity index (χ2v) is 11.7. The van der Waals surface area contributed by atoms with Crippen LogP contribution < -0.4 is 5.73 Å². The van der Waals surface area contributed by atoms with Crippen molar-refractivity contribution in [1.29, 1.82) is 0 Å². The lowest BCUT2D eigenvalue weighted by atomic mass is 9.58. The molecule has 0 spiro atoms. The van der Waals surface area contributed by atoms with E-state index in [1.165, 1.54) is 11.0 Å². The van der Waals surface area contributed by atoms with Gasteiger partial charge in [-0.05, 0) is 75.9 Å². The van der Waals surface area contributed by atoms with Crippen molar-refractivity contribution in [2.24, 2.45) is 17.6 Å². The summed E-state index contributed by atoms with van der Waals surface area (Å²) in [6, 6.07) is 0.857. The van der Waals surface area contributed by atoms with Crippen molar-refractivity contribution in [3.05, 3.63) is 50.4 Å². The fourth-order valence-corrected chi connectivity index (χ4v) is 7.54. The molecule has 1 amide bonds. The molecule has 1 saturated heterocycles. The zero-order chi connectivity index (χ0) is 28.5. The first-order valence-electron chi connectivity index (χ1n) is 13.3. The summed E-state index contributed by atoms with van der Waals surface area (Å²) in [4.78, 5) is 43.1. The van der Waals surface area contributed by atoms with Crippen LogP contribution in [0.3, 0.4) is 0 Å². The Balaban J connectivity index is 1.62. The number of halogens is 1. The number of nitrogens with two attached hydrogens (primary N) is 1. The first-order chi connectivity index (χ1) is 18.3. The van der Waals surface area contributed by atoms with Crippen LogP contribution in [0.4, 0.5) is 0 Å². The summed E-state index contributed by atoms with van der Waals surface area (Å²) in [7, 11) is 3.19. The second-order valence-electron chi connectivity index (χ2n) is 11.4. The SMILES string of the molecule is CCC1CCCN1Cc1cc(O)c2c(c1Cl)C[C@H]1C[C@H]3[C@H](N(C)C)C(O)=C(C(N)=O)C(=O)[C@@]3(O)C(O)=C1C2=O. The van der Waals surface area contributed by atoms with Crippen molar-refractivity contribution in [3.63, 3.8) is 0 Å². The fraction of sp³-hybridized carbons (Fsp3) is 0.536. The summed E-state index contributed by atoms with van der Waals surface area (Å²) in [6.07, 6.45) is 3.37. The van der Waals surface area contributed by atoms with Gasteiger partial charge < -0.3 is 26.2 Å². The molecule has 5 atom stereocenters. The van der Waals surface area contributed by atoms with Gasteiger partial charge in [0.2, 0.25) is 5.78 Å². The maximum atomic E-state index is 13.8. The van der Waals surface area contributed by atoms with Crippen LogP contribution >= 0.6 is 11.6 Å². The molecule has 3 aliphatic carbocycles. The van der Waals surface area contributed by atoms with E-state index in [0.29, 0.717) is 28.7 Å². The standard InChI is InChI=1S/C28H34ClN3O7/c1-4-14-6-5-7-32(14)11-13-10-17(33)19-15(21(13)29)8-12-9-16-22(31(2)3)24(35)20(27(30)38)26(37)28(16,39)25(36)18(12)23(19)34/h10,12,14,16,22,33,35-36,39H,4-9,11H2,1-3H3,(H2,30,38)/t12-,14?,16-,22-,28-/m0/s1. The predicted octanol–water partition coefficient (Wildman–Crippen LogP) is 2.15. The molecule has 4 aliphatic rings. The number of carbonyl (C=O) groups is 3. The van der Waals surface area contributed by atoms with Gasteiger partial charge in [0.25, 0.3) is 5.91 Å². The minimum atomic E-state index is -2.66. The second kappa shape index (κ2) is 9.62. The van der Waals surface area contributed by atoms with Gasteiger partial charge >= 0.3 is 0 Å². The van der Waals surface area contributed by atoms with Crippen molar-refractivity contribution >= 4 is 29.1 Å². The number of hydrogen-bond acceptors (Lipinski definition) is 9. The first-order valence-corrected chi connectivity index (χ1v) is 13.6. The molecular weight excluding hydrogens is 526 g/mol. The van der Waals surface area contributed by atoms with Gasteiger partial charge in [0, 0.05) is 29.1 Å². The quantitative estimate of drug-likeness (QED) is 0.340. The molecule has 1 aliphatic heterocycles. The van der Waals surface area contributed by atoms with Crippen LogP contribution in [0.25, 0.3) is 0 Å². The van der Waals surface area contributed by atoms with Crippen LogP contribution in [0, 0.1) is 11.8 Å². The van der Waals surface area contributed by atoms with Crippen LogP contribution in [0.2, 0.25) is 5.02 Å². The van der Waals surface area contributed by atoms with E-state index < -0.39 is 58.0 Å². The molecule has 0 radical (unpaired) electrons. The predicted molar refractivity (Wildman–Crippen MR) is 142 cm³/mol. The number of likely N-dealkylation sites (N-methyl/N-ethyl adjacent to an activating group) is 1. The van der Waals surface area contributed by atoms with Gasteiger partial charge in [-0.1, -0.05) is 18.5 Å². The molecule has 0 saturated carbocycles. The molecule has 1 unspecified atom stereocenters. The number of aliphatic hydroxyl groups excluding tert-OH is 2. The average Bonchev–Trinajstić information content (AvgIpc) is 3.31. The van der Waals surface area contributed by atoms with Crippen molar-refractivity contribution in [2.75, 3.05) is 20.6 Å². The maximum absolute atomic E-state index is 13.8. The topological polar surface area (TPSA) is 165 Å². The van der Waals surface area contributed by atoms with Crippen molar-refractivity contribution in [1.82, 2.24) is 9.80 Å². The Morgan fingerprint density at radius 3 is 2.56 bits per heavy atom. The number of rotatable bonds is 5. The summed E-state index contributed by atoms with van der Waals surface area (Å²) < 4.78 is 0. The largest absolute Gasteiger partial charge is 0.510 e. The van der Waals surface area contributed by atoms with E-state index in [0.717, 1.165) is 25.8 Å². The number of Topliss-reactive ketones (excluding diaryl/α,β-unsaturated/α-hetero) is 2. The smallest absolute Gasteiger partial charge is 0.255 e. The van der Waals surface area contributed by atoms with Gasteiger partial charge in [-0.2, -0.15) is 0 Å². The molecule has 1 aromatic carbocycles. The average molecular weight is 560 g/mol.